The smallest absolute Gasteiger partial charge is 0.132 e. The molecule has 70 valence electrons. The molecule has 12 heavy (non-hydrogen) atoms. The first-order valence-electron chi connectivity index (χ1n) is 4.58. The van der Waals surface area contributed by atoms with E-state index in [-0.39, 0.29) is 11.7 Å². The summed E-state index contributed by atoms with van der Waals surface area (Å²) < 4.78 is 0. The van der Waals surface area contributed by atoms with Crippen molar-refractivity contribution in [1.29, 1.82) is 0 Å². The number of carbonyl (C=O) groups is 2. The predicted octanol–water partition coefficient (Wildman–Crippen LogP) is 2.22. The van der Waals surface area contributed by atoms with Gasteiger partial charge in [0.1, 0.15) is 12.1 Å². The van der Waals surface area contributed by atoms with Crippen molar-refractivity contribution in [3.8, 4) is 0 Å². The first kappa shape index (κ1) is 11.3. The molecule has 0 aliphatic heterocycles. The van der Waals surface area contributed by atoms with Crippen molar-refractivity contribution in [1.82, 2.24) is 0 Å². The summed E-state index contributed by atoms with van der Waals surface area (Å²) in [5.41, 5.74) is 0. The molecule has 0 unspecified atom stereocenters. The molecular weight excluding hydrogens is 152 g/mol. The van der Waals surface area contributed by atoms with Crippen LogP contribution in [0.25, 0.3) is 0 Å². The van der Waals surface area contributed by atoms with Crippen LogP contribution in [0.3, 0.4) is 0 Å². The van der Waals surface area contributed by atoms with Gasteiger partial charge < -0.3 is 4.79 Å². The summed E-state index contributed by atoms with van der Waals surface area (Å²) in [4.78, 5) is 21.5. The van der Waals surface area contributed by atoms with Gasteiger partial charge in [0.25, 0.3) is 0 Å². The number of Topliss-reactive ketones (excluding diaryl/α,β-unsaturated/α-hetero) is 1. The van der Waals surface area contributed by atoms with E-state index in [1.165, 1.54) is 0 Å². The number of carbonyl (C=O) groups excluding carboxylic acids is 2. The summed E-state index contributed by atoms with van der Waals surface area (Å²) in [6.07, 6.45) is 2.82. The van der Waals surface area contributed by atoms with Gasteiger partial charge in [-0.2, -0.15) is 0 Å². The topological polar surface area (TPSA) is 34.1 Å². The predicted molar refractivity (Wildman–Crippen MR) is 48.9 cm³/mol. The second-order valence-corrected chi connectivity index (χ2v) is 3.47. The molecule has 0 heterocycles. The summed E-state index contributed by atoms with van der Waals surface area (Å²) in [6.45, 7) is 5.87. The van der Waals surface area contributed by atoms with Crippen LogP contribution in [0.15, 0.2) is 0 Å². The standard InChI is InChI=1S/C10H18O2/c1-4-10(12)6-5-9(7-11)8(2)3/h7-9H,4-6H2,1-3H3/t9-/m1/s1. The van der Waals surface area contributed by atoms with Gasteiger partial charge >= 0.3 is 0 Å². The fourth-order valence-corrected chi connectivity index (χ4v) is 1.06. The summed E-state index contributed by atoms with van der Waals surface area (Å²) in [6, 6.07) is 0. The second-order valence-electron chi connectivity index (χ2n) is 3.47. The lowest BCUT2D eigenvalue weighted by Gasteiger charge is -2.12. The molecule has 0 N–H and O–H groups in total. The molecule has 0 bridgehead atoms. The van der Waals surface area contributed by atoms with E-state index < -0.39 is 0 Å². The monoisotopic (exact) mass is 170 g/mol. The zero-order valence-corrected chi connectivity index (χ0v) is 8.17. The molecule has 1 atom stereocenters. The van der Waals surface area contributed by atoms with Gasteiger partial charge in [0.2, 0.25) is 0 Å². The Balaban J connectivity index is 3.72. The van der Waals surface area contributed by atoms with Gasteiger partial charge in [-0.3, -0.25) is 4.79 Å². The highest BCUT2D eigenvalue weighted by molar-refractivity contribution is 5.78. The maximum Gasteiger partial charge on any atom is 0.132 e. The zero-order valence-electron chi connectivity index (χ0n) is 8.17. The van der Waals surface area contributed by atoms with Crippen molar-refractivity contribution in [3.63, 3.8) is 0 Å². The largest absolute Gasteiger partial charge is 0.303 e. The molecule has 0 aliphatic carbocycles. The van der Waals surface area contributed by atoms with E-state index in [2.05, 4.69) is 0 Å². The fraction of sp³-hybridized carbons (Fsp3) is 0.800. The Bertz CT molecular complexity index is 150. The number of rotatable bonds is 6. The Morgan fingerprint density at radius 2 is 2.00 bits per heavy atom. The summed E-state index contributed by atoms with van der Waals surface area (Å²) in [7, 11) is 0. The highest BCUT2D eigenvalue weighted by atomic mass is 16.1. The lowest BCUT2D eigenvalue weighted by Crippen LogP contribution is -2.12. The molecule has 2 heteroatoms. The van der Waals surface area contributed by atoms with Crippen molar-refractivity contribution in [3.05, 3.63) is 0 Å². The van der Waals surface area contributed by atoms with Gasteiger partial charge in [-0.05, 0) is 12.3 Å². The third kappa shape index (κ3) is 4.27. The summed E-state index contributed by atoms with van der Waals surface area (Å²) in [5.74, 6) is 0.662. The van der Waals surface area contributed by atoms with Gasteiger partial charge in [-0.15, -0.1) is 0 Å². The first-order chi connectivity index (χ1) is 5.61. The van der Waals surface area contributed by atoms with E-state index in [9.17, 15) is 9.59 Å². The van der Waals surface area contributed by atoms with E-state index in [0.29, 0.717) is 25.2 Å². The van der Waals surface area contributed by atoms with Crippen LogP contribution < -0.4 is 0 Å². The van der Waals surface area contributed by atoms with Crippen LogP contribution in [-0.2, 0) is 9.59 Å². The van der Waals surface area contributed by atoms with Crippen LogP contribution in [0.1, 0.15) is 40.0 Å². The molecule has 0 aromatic carbocycles. The molecule has 0 amide bonds. The Morgan fingerprint density at radius 3 is 2.33 bits per heavy atom. The molecule has 0 aromatic rings. The SMILES string of the molecule is CCC(=O)CC[C@H](C=O)C(C)C. The average molecular weight is 170 g/mol. The van der Waals surface area contributed by atoms with Crippen LogP contribution in [0, 0.1) is 11.8 Å². The van der Waals surface area contributed by atoms with Crippen molar-refractivity contribution >= 4 is 12.1 Å². The fourth-order valence-electron chi connectivity index (χ4n) is 1.06. The maximum absolute atomic E-state index is 10.9. The van der Waals surface area contributed by atoms with Crippen molar-refractivity contribution in [2.24, 2.45) is 11.8 Å². The van der Waals surface area contributed by atoms with Gasteiger partial charge in [0.15, 0.2) is 0 Å². The first-order valence-corrected chi connectivity index (χ1v) is 4.58. The zero-order chi connectivity index (χ0) is 9.56. The summed E-state index contributed by atoms with van der Waals surface area (Å²) in [5, 5.41) is 0. The van der Waals surface area contributed by atoms with E-state index in [4.69, 9.17) is 0 Å². The van der Waals surface area contributed by atoms with Gasteiger partial charge in [0.05, 0.1) is 0 Å². The summed E-state index contributed by atoms with van der Waals surface area (Å²) >= 11 is 0. The quantitative estimate of drug-likeness (QED) is 0.573. The minimum absolute atomic E-state index is 0.0560. The van der Waals surface area contributed by atoms with E-state index in [1.807, 2.05) is 20.8 Å². The van der Waals surface area contributed by atoms with E-state index >= 15 is 0 Å². The van der Waals surface area contributed by atoms with Crippen molar-refractivity contribution in [2.45, 2.75) is 40.0 Å². The molecule has 2 nitrogen and oxygen atoms in total. The minimum Gasteiger partial charge on any atom is -0.303 e. The lowest BCUT2D eigenvalue weighted by molar-refractivity contribution is -0.119. The number of ketones is 1. The van der Waals surface area contributed by atoms with Crippen LogP contribution >= 0.6 is 0 Å². The van der Waals surface area contributed by atoms with Crippen molar-refractivity contribution in [2.75, 3.05) is 0 Å². The number of hydrogen-bond donors (Lipinski definition) is 0. The van der Waals surface area contributed by atoms with Gasteiger partial charge in [-0.1, -0.05) is 20.8 Å². The molecule has 0 radical (unpaired) electrons. The Kier molecular flexibility index (Phi) is 5.60. The molecule has 0 rings (SSSR count). The highest BCUT2D eigenvalue weighted by Crippen LogP contribution is 2.14. The maximum atomic E-state index is 10.9. The third-order valence-electron chi connectivity index (χ3n) is 2.18. The molecule has 0 fully saturated rings. The molecular formula is C10H18O2. The van der Waals surface area contributed by atoms with E-state index in [0.717, 1.165) is 6.29 Å². The molecule has 0 aliphatic rings. The Hall–Kier alpha value is -0.660. The third-order valence-corrected chi connectivity index (χ3v) is 2.18. The van der Waals surface area contributed by atoms with Crippen LogP contribution in [-0.4, -0.2) is 12.1 Å². The number of aldehydes is 1. The van der Waals surface area contributed by atoms with Crippen molar-refractivity contribution < 1.29 is 9.59 Å². The lowest BCUT2D eigenvalue weighted by atomic mass is 9.91. The Morgan fingerprint density at radius 1 is 1.42 bits per heavy atom. The highest BCUT2D eigenvalue weighted by Gasteiger charge is 2.12. The molecule has 0 saturated heterocycles. The molecule has 0 saturated carbocycles. The number of hydrogen-bond acceptors (Lipinski definition) is 2. The molecule has 0 spiro atoms. The second kappa shape index (κ2) is 5.92. The molecule has 0 aromatic heterocycles. The van der Waals surface area contributed by atoms with Gasteiger partial charge in [-0.25, -0.2) is 0 Å². The minimum atomic E-state index is 0.0560. The van der Waals surface area contributed by atoms with Gasteiger partial charge in [0, 0.05) is 18.8 Å². The Labute approximate surface area is 74.3 Å². The normalized spacial score (nSPS) is 13.0. The average Bonchev–Trinajstić information content (AvgIpc) is 2.04. The van der Waals surface area contributed by atoms with Crippen LogP contribution in [0.4, 0.5) is 0 Å². The van der Waals surface area contributed by atoms with Crippen LogP contribution in [0.2, 0.25) is 0 Å². The van der Waals surface area contributed by atoms with E-state index in [1.54, 1.807) is 0 Å². The van der Waals surface area contributed by atoms with Crippen LogP contribution in [0.5, 0.6) is 0 Å².